The molecule has 0 saturated heterocycles. The summed E-state index contributed by atoms with van der Waals surface area (Å²) in [5, 5.41) is 12.4. The molecule has 0 radical (unpaired) electrons. The minimum Gasteiger partial charge on any atom is -0.411 e. The van der Waals surface area contributed by atoms with Crippen LogP contribution in [0.4, 0.5) is 5.69 Å². The highest BCUT2D eigenvalue weighted by molar-refractivity contribution is 7.99. The Bertz CT molecular complexity index is 1090. The first-order chi connectivity index (χ1) is 13.2. The van der Waals surface area contributed by atoms with Crippen LogP contribution in [0.3, 0.4) is 0 Å². The third kappa shape index (κ3) is 4.01. The molecule has 8 heteroatoms. The maximum Gasteiger partial charge on any atom is 0.277 e. The minimum atomic E-state index is -0.120. The lowest BCUT2D eigenvalue weighted by Crippen LogP contribution is -2.13. The number of carbonyl (C=O) groups excluding carboxylic acids is 1. The van der Waals surface area contributed by atoms with Gasteiger partial charge in [-0.1, -0.05) is 36.0 Å². The van der Waals surface area contributed by atoms with E-state index in [2.05, 4.69) is 20.5 Å². The molecule has 0 saturated carbocycles. The van der Waals surface area contributed by atoms with Crippen LogP contribution in [0.15, 0.2) is 69.3 Å². The summed E-state index contributed by atoms with van der Waals surface area (Å²) in [4.78, 5) is 16.4. The highest BCUT2D eigenvalue weighted by Gasteiger charge is 2.14. The SMILES string of the molecule is CSc1cccc(NC(=O)CSc2nnc(-c3c[nH]c4ccccc34)o2)c1. The van der Waals surface area contributed by atoms with E-state index in [1.807, 2.05) is 61.0 Å². The van der Waals surface area contributed by atoms with E-state index in [4.69, 9.17) is 4.42 Å². The maximum atomic E-state index is 12.2. The number of nitrogens with zero attached hydrogens (tertiary/aromatic N) is 2. The molecule has 6 nitrogen and oxygen atoms in total. The van der Waals surface area contributed by atoms with Gasteiger partial charge in [0.1, 0.15) is 0 Å². The molecule has 0 aliphatic carbocycles. The van der Waals surface area contributed by atoms with E-state index in [1.165, 1.54) is 11.8 Å². The molecule has 0 aliphatic heterocycles. The predicted molar refractivity (Wildman–Crippen MR) is 109 cm³/mol. The van der Waals surface area contributed by atoms with E-state index >= 15 is 0 Å². The monoisotopic (exact) mass is 396 g/mol. The number of rotatable bonds is 6. The van der Waals surface area contributed by atoms with Crippen LogP contribution in [0.25, 0.3) is 22.4 Å². The van der Waals surface area contributed by atoms with Gasteiger partial charge in [-0.05, 0) is 30.5 Å². The molecule has 4 aromatic rings. The summed E-state index contributed by atoms with van der Waals surface area (Å²) in [5.41, 5.74) is 2.63. The van der Waals surface area contributed by atoms with Crippen molar-refractivity contribution < 1.29 is 9.21 Å². The van der Waals surface area contributed by atoms with Gasteiger partial charge in [0.05, 0.1) is 11.3 Å². The number of benzene rings is 2. The Balaban J connectivity index is 1.40. The second kappa shape index (κ2) is 7.89. The van der Waals surface area contributed by atoms with E-state index in [0.717, 1.165) is 27.0 Å². The lowest BCUT2D eigenvalue weighted by Gasteiger charge is -2.05. The largest absolute Gasteiger partial charge is 0.411 e. The number of carbonyl (C=O) groups is 1. The fourth-order valence-electron chi connectivity index (χ4n) is 2.65. The number of nitrogens with one attached hydrogen (secondary N) is 2. The third-order valence-electron chi connectivity index (χ3n) is 3.91. The Morgan fingerprint density at radius 2 is 2.07 bits per heavy atom. The van der Waals surface area contributed by atoms with Crippen LogP contribution in [-0.2, 0) is 4.79 Å². The van der Waals surface area contributed by atoms with E-state index in [0.29, 0.717) is 11.1 Å². The zero-order valence-electron chi connectivity index (χ0n) is 14.4. The van der Waals surface area contributed by atoms with Gasteiger partial charge in [-0.2, -0.15) is 0 Å². The fourth-order valence-corrected chi connectivity index (χ4v) is 3.67. The van der Waals surface area contributed by atoms with Crippen LogP contribution < -0.4 is 5.32 Å². The molecule has 0 fully saturated rings. The maximum absolute atomic E-state index is 12.2. The average molecular weight is 396 g/mol. The number of amides is 1. The van der Waals surface area contributed by atoms with E-state index in [-0.39, 0.29) is 11.7 Å². The van der Waals surface area contributed by atoms with Crippen LogP contribution in [0.1, 0.15) is 0 Å². The average Bonchev–Trinajstić information content (AvgIpc) is 3.33. The summed E-state index contributed by atoms with van der Waals surface area (Å²) < 4.78 is 5.71. The van der Waals surface area contributed by atoms with Crippen LogP contribution in [0, 0.1) is 0 Å². The predicted octanol–water partition coefficient (Wildman–Crippen LogP) is 4.67. The van der Waals surface area contributed by atoms with Crippen LogP contribution >= 0.6 is 23.5 Å². The fraction of sp³-hybridized carbons (Fsp3) is 0.105. The number of thioether (sulfide) groups is 2. The van der Waals surface area contributed by atoms with Gasteiger partial charge < -0.3 is 14.7 Å². The normalized spacial score (nSPS) is 11.0. The van der Waals surface area contributed by atoms with E-state index in [1.54, 1.807) is 11.8 Å². The van der Waals surface area contributed by atoms with Gasteiger partial charge in [0.2, 0.25) is 5.91 Å². The van der Waals surface area contributed by atoms with Crippen LogP contribution in [0.2, 0.25) is 0 Å². The lowest BCUT2D eigenvalue weighted by atomic mass is 10.2. The van der Waals surface area contributed by atoms with Crippen molar-refractivity contribution in [2.45, 2.75) is 10.1 Å². The van der Waals surface area contributed by atoms with Gasteiger partial charge in [-0.3, -0.25) is 4.79 Å². The van der Waals surface area contributed by atoms with Gasteiger partial charge in [-0.25, -0.2) is 0 Å². The Morgan fingerprint density at radius 1 is 1.19 bits per heavy atom. The minimum absolute atomic E-state index is 0.120. The number of aromatic nitrogens is 3. The summed E-state index contributed by atoms with van der Waals surface area (Å²) in [5.74, 6) is 0.507. The summed E-state index contributed by atoms with van der Waals surface area (Å²) in [6.45, 7) is 0. The van der Waals surface area contributed by atoms with Crippen molar-refractivity contribution in [2.75, 3.05) is 17.3 Å². The first-order valence-corrected chi connectivity index (χ1v) is 10.4. The zero-order valence-corrected chi connectivity index (χ0v) is 16.1. The molecule has 136 valence electrons. The second-order valence-electron chi connectivity index (χ2n) is 5.69. The van der Waals surface area contributed by atoms with E-state index < -0.39 is 0 Å². The molecule has 0 unspecified atom stereocenters. The van der Waals surface area contributed by atoms with Crippen molar-refractivity contribution in [3.8, 4) is 11.5 Å². The number of fused-ring (bicyclic) bond motifs is 1. The smallest absolute Gasteiger partial charge is 0.277 e. The molecular formula is C19H16N4O2S2. The van der Waals surface area contributed by atoms with Crippen molar-refractivity contribution >= 4 is 46.0 Å². The molecule has 0 bridgehead atoms. The summed E-state index contributed by atoms with van der Waals surface area (Å²) in [6.07, 6.45) is 3.84. The summed E-state index contributed by atoms with van der Waals surface area (Å²) >= 11 is 2.84. The summed E-state index contributed by atoms with van der Waals surface area (Å²) in [6, 6.07) is 15.6. The van der Waals surface area contributed by atoms with Gasteiger partial charge in [0.15, 0.2) is 0 Å². The Morgan fingerprint density at radius 3 is 2.96 bits per heavy atom. The molecule has 0 aliphatic rings. The van der Waals surface area contributed by atoms with Crippen LogP contribution in [-0.4, -0.2) is 33.1 Å². The number of aromatic amines is 1. The molecule has 0 atom stereocenters. The highest BCUT2D eigenvalue weighted by Crippen LogP contribution is 2.29. The van der Waals surface area contributed by atoms with Crippen molar-refractivity contribution in [3.63, 3.8) is 0 Å². The van der Waals surface area contributed by atoms with Crippen molar-refractivity contribution in [1.29, 1.82) is 0 Å². The molecule has 2 N–H and O–H groups in total. The number of H-pyrrole nitrogens is 1. The van der Waals surface area contributed by atoms with Gasteiger partial charge in [-0.15, -0.1) is 22.0 Å². The number of para-hydroxylation sites is 1. The van der Waals surface area contributed by atoms with E-state index in [9.17, 15) is 4.79 Å². The topological polar surface area (TPSA) is 83.8 Å². The highest BCUT2D eigenvalue weighted by atomic mass is 32.2. The van der Waals surface area contributed by atoms with Crippen molar-refractivity contribution in [3.05, 3.63) is 54.7 Å². The molecule has 4 rings (SSSR count). The Hall–Kier alpha value is -2.71. The first kappa shape index (κ1) is 17.7. The van der Waals surface area contributed by atoms with Crippen molar-refractivity contribution in [1.82, 2.24) is 15.2 Å². The number of hydrogen-bond donors (Lipinski definition) is 2. The van der Waals surface area contributed by atoms with Crippen molar-refractivity contribution in [2.24, 2.45) is 0 Å². The molecule has 2 aromatic heterocycles. The molecule has 1 amide bonds. The second-order valence-corrected chi connectivity index (χ2v) is 7.50. The molecule has 2 aromatic carbocycles. The van der Waals surface area contributed by atoms with Gasteiger partial charge >= 0.3 is 0 Å². The third-order valence-corrected chi connectivity index (χ3v) is 5.45. The zero-order chi connectivity index (χ0) is 18.6. The Kier molecular flexibility index (Phi) is 5.17. The van der Waals surface area contributed by atoms with Gasteiger partial charge in [0, 0.05) is 27.7 Å². The number of hydrogen-bond acceptors (Lipinski definition) is 6. The number of anilines is 1. The standard InChI is InChI=1S/C19H16N4O2S2/c1-26-13-6-4-5-12(9-13)21-17(24)11-27-19-23-22-18(25-19)15-10-20-16-8-3-2-7-14(15)16/h2-10,20H,11H2,1H3,(H,21,24). The van der Waals surface area contributed by atoms with Gasteiger partial charge in [0.25, 0.3) is 11.1 Å². The summed E-state index contributed by atoms with van der Waals surface area (Å²) in [7, 11) is 0. The van der Waals surface area contributed by atoms with Crippen LogP contribution in [0.5, 0.6) is 0 Å². The Labute approximate surface area is 164 Å². The molecule has 0 spiro atoms. The molecular weight excluding hydrogens is 380 g/mol. The lowest BCUT2D eigenvalue weighted by molar-refractivity contribution is -0.113. The molecule has 27 heavy (non-hydrogen) atoms. The first-order valence-electron chi connectivity index (χ1n) is 8.19. The quantitative estimate of drug-likeness (QED) is 0.461. The molecule has 2 heterocycles.